The number of amides is 1. The first-order valence-corrected chi connectivity index (χ1v) is 19.0. The molecule has 0 heterocycles. The van der Waals surface area contributed by atoms with Gasteiger partial charge in [-0.1, -0.05) is 134 Å². The van der Waals surface area contributed by atoms with Gasteiger partial charge in [0.2, 0.25) is 5.91 Å². The summed E-state index contributed by atoms with van der Waals surface area (Å²) in [5.41, 5.74) is 0. The lowest BCUT2D eigenvalue weighted by Gasteiger charge is -2.18. The minimum absolute atomic E-state index is 0.0102. The highest BCUT2D eigenvalue weighted by atomic mass is 16.5. The predicted molar refractivity (Wildman–Crippen MR) is 189 cm³/mol. The van der Waals surface area contributed by atoms with E-state index in [1.165, 1.54) is 83.5 Å². The number of allylic oxidation sites excluding steroid dienone is 4. The molecule has 6 heteroatoms. The van der Waals surface area contributed by atoms with E-state index in [9.17, 15) is 14.4 Å². The number of unbranched alkanes of at least 4 members (excludes halogenated alkanes) is 19. The second-order valence-corrected chi connectivity index (χ2v) is 12.8. The van der Waals surface area contributed by atoms with E-state index in [2.05, 4.69) is 43.5 Å². The minimum atomic E-state index is -1.02. The Morgan fingerprint density at radius 2 is 1.02 bits per heavy atom. The van der Waals surface area contributed by atoms with Crippen molar-refractivity contribution in [2.24, 2.45) is 0 Å². The van der Waals surface area contributed by atoms with Crippen LogP contribution in [0.25, 0.3) is 0 Å². The highest BCUT2D eigenvalue weighted by molar-refractivity contribution is 5.80. The van der Waals surface area contributed by atoms with Gasteiger partial charge in [-0.15, -0.1) is 0 Å². The average molecular weight is 634 g/mol. The Morgan fingerprint density at radius 1 is 0.578 bits per heavy atom. The molecule has 0 aliphatic rings. The van der Waals surface area contributed by atoms with Gasteiger partial charge in [-0.2, -0.15) is 0 Å². The molecule has 0 saturated heterocycles. The van der Waals surface area contributed by atoms with Gasteiger partial charge in [0, 0.05) is 12.8 Å². The van der Waals surface area contributed by atoms with E-state index in [4.69, 9.17) is 9.84 Å². The molecule has 0 radical (unpaired) electrons. The largest absolute Gasteiger partial charge is 0.480 e. The molecular weight excluding hydrogens is 562 g/mol. The summed E-state index contributed by atoms with van der Waals surface area (Å²) in [6.07, 6.45) is 40.1. The molecule has 1 atom stereocenters. The molecule has 45 heavy (non-hydrogen) atoms. The molecule has 0 aliphatic carbocycles. The lowest BCUT2D eigenvalue weighted by molar-refractivity contribution is -0.150. The van der Waals surface area contributed by atoms with Crippen LogP contribution in [0.3, 0.4) is 0 Å². The molecule has 262 valence electrons. The smallest absolute Gasteiger partial charge is 0.322 e. The number of carboxylic acid groups (broad SMARTS) is 1. The van der Waals surface area contributed by atoms with E-state index in [-0.39, 0.29) is 24.5 Å². The molecule has 0 saturated carbocycles. The number of carbonyl (C=O) groups is 3. The van der Waals surface area contributed by atoms with Crippen LogP contribution in [0.15, 0.2) is 24.3 Å². The summed E-state index contributed by atoms with van der Waals surface area (Å²) in [7, 11) is 0. The molecule has 0 rings (SSSR count). The van der Waals surface area contributed by atoms with Crippen LogP contribution in [-0.2, 0) is 19.1 Å². The van der Waals surface area contributed by atoms with E-state index < -0.39 is 5.97 Å². The fourth-order valence-electron chi connectivity index (χ4n) is 5.54. The Hall–Kier alpha value is -2.11. The maximum Gasteiger partial charge on any atom is 0.322 e. The van der Waals surface area contributed by atoms with Gasteiger partial charge in [-0.3, -0.25) is 14.4 Å². The number of aliphatic carboxylic acids is 1. The molecule has 0 aromatic carbocycles. The molecule has 0 aromatic rings. The SMILES string of the molecule is CCCCCCC/C=C\C/C=C\CCCCCC(CCCCCCCC(=O)NCC(=O)O)OC(=O)CCCCCCCCCC. The molecule has 1 unspecified atom stereocenters. The first-order chi connectivity index (χ1) is 22.0. The van der Waals surface area contributed by atoms with Crippen molar-refractivity contribution < 1.29 is 24.2 Å². The molecule has 0 spiro atoms. The molecule has 2 N–H and O–H groups in total. The fourth-order valence-corrected chi connectivity index (χ4v) is 5.54. The van der Waals surface area contributed by atoms with Gasteiger partial charge < -0.3 is 15.2 Å². The van der Waals surface area contributed by atoms with Crippen molar-refractivity contribution in [1.29, 1.82) is 0 Å². The number of hydrogen-bond acceptors (Lipinski definition) is 4. The number of carbonyl (C=O) groups excluding carboxylic acids is 2. The van der Waals surface area contributed by atoms with Crippen LogP contribution < -0.4 is 5.32 Å². The molecular formula is C39H71NO5. The van der Waals surface area contributed by atoms with Gasteiger partial charge >= 0.3 is 11.9 Å². The zero-order chi connectivity index (χ0) is 33.1. The highest BCUT2D eigenvalue weighted by Crippen LogP contribution is 2.18. The molecule has 0 fully saturated rings. The van der Waals surface area contributed by atoms with Gasteiger partial charge in [0.15, 0.2) is 0 Å². The number of esters is 1. The van der Waals surface area contributed by atoms with Crippen LogP contribution >= 0.6 is 0 Å². The summed E-state index contributed by atoms with van der Waals surface area (Å²) in [5.74, 6) is -1.25. The minimum Gasteiger partial charge on any atom is -0.480 e. The standard InChI is InChI=1S/C39H71NO5/c1-3-5-7-9-11-13-14-15-16-17-18-19-20-23-27-31-36(45-39(44)34-30-26-21-12-10-8-6-4-2)32-28-24-22-25-29-33-37(41)40-35-38(42)43/h14-15,17-18,36H,3-13,16,19-35H2,1-2H3,(H,40,41)(H,42,43)/b15-14-,18-17-. The number of ether oxygens (including phenoxy) is 1. The van der Waals surface area contributed by atoms with Gasteiger partial charge in [-0.05, 0) is 70.6 Å². The van der Waals surface area contributed by atoms with Crippen LogP contribution in [0.1, 0.15) is 194 Å². The van der Waals surface area contributed by atoms with Crippen LogP contribution in [0.5, 0.6) is 0 Å². The lowest BCUT2D eigenvalue weighted by atomic mass is 10.0. The third-order valence-electron chi connectivity index (χ3n) is 8.38. The average Bonchev–Trinajstić information content (AvgIpc) is 3.02. The Morgan fingerprint density at radius 3 is 1.56 bits per heavy atom. The summed E-state index contributed by atoms with van der Waals surface area (Å²) in [6.45, 7) is 4.19. The van der Waals surface area contributed by atoms with E-state index >= 15 is 0 Å². The monoisotopic (exact) mass is 634 g/mol. The molecule has 0 aliphatic heterocycles. The van der Waals surface area contributed by atoms with Crippen LogP contribution in [-0.4, -0.2) is 35.6 Å². The summed E-state index contributed by atoms with van der Waals surface area (Å²) in [6, 6.07) is 0. The van der Waals surface area contributed by atoms with E-state index in [0.29, 0.717) is 12.8 Å². The van der Waals surface area contributed by atoms with Crippen LogP contribution in [0.2, 0.25) is 0 Å². The molecule has 0 bridgehead atoms. The first-order valence-electron chi connectivity index (χ1n) is 19.0. The number of nitrogens with one attached hydrogen (secondary N) is 1. The first kappa shape index (κ1) is 42.9. The third-order valence-corrected chi connectivity index (χ3v) is 8.38. The predicted octanol–water partition coefficient (Wildman–Crippen LogP) is 11.2. The molecule has 0 aromatic heterocycles. The van der Waals surface area contributed by atoms with E-state index in [1.807, 2.05) is 0 Å². The Bertz CT molecular complexity index is 748. The third kappa shape index (κ3) is 34.6. The summed E-state index contributed by atoms with van der Waals surface area (Å²) in [5, 5.41) is 11.1. The summed E-state index contributed by atoms with van der Waals surface area (Å²) >= 11 is 0. The number of rotatable bonds is 34. The second-order valence-electron chi connectivity index (χ2n) is 12.8. The Balaban J connectivity index is 4.22. The summed E-state index contributed by atoms with van der Waals surface area (Å²) in [4.78, 5) is 34.8. The lowest BCUT2D eigenvalue weighted by Crippen LogP contribution is -2.28. The van der Waals surface area contributed by atoms with Crippen LogP contribution in [0.4, 0.5) is 0 Å². The van der Waals surface area contributed by atoms with Crippen LogP contribution in [0, 0.1) is 0 Å². The molecule has 6 nitrogen and oxygen atoms in total. The maximum absolute atomic E-state index is 12.6. The molecule has 1 amide bonds. The van der Waals surface area contributed by atoms with Gasteiger partial charge in [0.25, 0.3) is 0 Å². The van der Waals surface area contributed by atoms with Crippen molar-refractivity contribution in [2.45, 2.75) is 200 Å². The quantitative estimate of drug-likeness (QED) is 0.0418. The normalized spacial score (nSPS) is 12.2. The van der Waals surface area contributed by atoms with Gasteiger partial charge in [0.05, 0.1) is 0 Å². The Kier molecular flexibility index (Phi) is 33.1. The number of carboxylic acids is 1. The van der Waals surface area contributed by atoms with Crippen molar-refractivity contribution in [3.8, 4) is 0 Å². The second kappa shape index (κ2) is 34.8. The van der Waals surface area contributed by atoms with E-state index in [0.717, 1.165) is 83.5 Å². The fraction of sp³-hybridized carbons (Fsp3) is 0.821. The van der Waals surface area contributed by atoms with E-state index in [1.54, 1.807) is 0 Å². The topological polar surface area (TPSA) is 92.7 Å². The van der Waals surface area contributed by atoms with Gasteiger partial charge in [0.1, 0.15) is 12.6 Å². The van der Waals surface area contributed by atoms with Crippen molar-refractivity contribution >= 4 is 17.8 Å². The summed E-state index contributed by atoms with van der Waals surface area (Å²) < 4.78 is 5.97. The highest BCUT2D eigenvalue weighted by Gasteiger charge is 2.14. The zero-order valence-corrected chi connectivity index (χ0v) is 29.5. The Labute approximate surface area is 277 Å². The van der Waals surface area contributed by atoms with Crippen molar-refractivity contribution in [3.63, 3.8) is 0 Å². The maximum atomic E-state index is 12.6. The van der Waals surface area contributed by atoms with Crippen molar-refractivity contribution in [3.05, 3.63) is 24.3 Å². The zero-order valence-electron chi connectivity index (χ0n) is 29.5. The van der Waals surface area contributed by atoms with Crippen molar-refractivity contribution in [2.75, 3.05) is 6.54 Å². The number of hydrogen-bond donors (Lipinski definition) is 2. The van der Waals surface area contributed by atoms with Gasteiger partial charge in [-0.25, -0.2) is 0 Å². The van der Waals surface area contributed by atoms with Crippen molar-refractivity contribution in [1.82, 2.24) is 5.32 Å².